The van der Waals surface area contributed by atoms with E-state index in [0.717, 1.165) is 21.9 Å². The van der Waals surface area contributed by atoms with Crippen molar-refractivity contribution < 1.29 is 14.3 Å². The Morgan fingerprint density at radius 3 is 2.41 bits per heavy atom. The number of hydrogen-bond donors (Lipinski definition) is 3. The highest BCUT2D eigenvalue weighted by Gasteiger charge is 2.30. The van der Waals surface area contributed by atoms with Gasteiger partial charge in [0.25, 0.3) is 5.91 Å². The van der Waals surface area contributed by atoms with E-state index >= 15 is 0 Å². The van der Waals surface area contributed by atoms with Crippen LogP contribution in [-0.4, -0.2) is 30.9 Å². The predicted octanol–water partition coefficient (Wildman–Crippen LogP) is 4.97. The maximum atomic E-state index is 13.5. The number of nitrogens with one attached hydrogen (secondary N) is 2. The molecule has 0 bridgehead atoms. The molecule has 0 radical (unpaired) electrons. The Morgan fingerprint density at radius 1 is 0.946 bits per heavy atom. The molecule has 0 unspecified atom stereocenters. The zero-order valence-corrected chi connectivity index (χ0v) is 20.6. The van der Waals surface area contributed by atoms with E-state index in [1.54, 1.807) is 24.3 Å². The molecule has 186 valence electrons. The quantitative estimate of drug-likeness (QED) is 0.175. The van der Waals surface area contributed by atoms with E-state index in [1.807, 2.05) is 84.9 Å². The smallest absolute Gasteiger partial charge is 0.311 e. The zero-order valence-electron chi connectivity index (χ0n) is 20.6. The molecular weight excluding hydrogens is 462 g/mol. The third-order valence-electron chi connectivity index (χ3n) is 6.26. The van der Waals surface area contributed by atoms with E-state index in [-0.39, 0.29) is 18.2 Å². The maximum Gasteiger partial charge on any atom is 0.311 e. The molecule has 6 nitrogen and oxygen atoms in total. The lowest BCUT2D eigenvalue weighted by molar-refractivity contribution is -0.145. The van der Waals surface area contributed by atoms with Gasteiger partial charge in [-0.3, -0.25) is 15.0 Å². The molecule has 0 saturated heterocycles. The molecule has 0 saturated carbocycles. The number of carbonyl (C=O) groups excluding carboxylic acids is 2. The van der Waals surface area contributed by atoms with Gasteiger partial charge in [0.2, 0.25) is 0 Å². The van der Waals surface area contributed by atoms with Crippen LogP contribution >= 0.6 is 0 Å². The first-order valence-corrected chi connectivity index (χ1v) is 12.0. The molecule has 0 fully saturated rings. The molecule has 0 heterocycles. The lowest BCUT2D eigenvalue weighted by Gasteiger charge is -2.24. The van der Waals surface area contributed by atoms with E-state index < -0.39 is 17.9 Å². The van der Waals surface area contributed by atoms with Gasteiger partial charge in [-0.25, -0.2) is 0 Å². The van der Waals surface area contributed by atoms with E-state index in [0.29, 0.717) is 11.1 Å². The second-order valence-corrected chi connectivity index (χ2v) is 8.74. The lowest BCUT2D eigenvalue weighted by Crippen LogP contribution is -2.43. The summed E-state index contributed by atoms with van der Waals surface area (Å²) < 4.78 is 5.16. The van der Waals surface area contributed by atoms with Crippen LogP contribution in [0.25, 0.3) is 16.8 Å². The van der Waals surface area contributed by atoms with Crippen LogP contribution in [0.5, 0.6) is 0 Å². The first-order chi connectivity index (χ1) is 18.0. The summed E-state index contributed by atoms with van der Waals surface area (Å²) in [6.45, 7) is 0. The van der Waals surface area contributed by atoms with Gasteiger partial charge >= 0.3 is 5.97 Å². The number of amidine groups is 1. The van der Waals surface area contributed by atoms with Crippen LogP contribution in [0, 0.1) is 11.3 Å². The van der Waals surface area contributed by atoms with Crippen LogP contribution < -0.4 is 11.1 Å². The third kappa shape index (κ3) is 6.30. The summed E-state index contributed by atoms with van der Waals surface area (Å²) in [5.74, 6) is -1.51. The number of fused-ring (bicyclic) bond motifs is 1. The van der Waals surface area contributed by atoms with Crippen molar-refractivity contribution in [2.24, 2.45) is 11.7 Å². The van der Waals surface area contributed by atoms with Gasteiger partial charge in [0, 0.05) is 11.1 Å². The van der Waals surface area contributed by atoms with Crippen LogP contribution in [0.2, 0.25) is 0 Å². The van der Waals surface area contributed by atoms with Crippen LogP contribution in [0.4, 0.5) is 0 Å². The Hall–Kier alpha value is -4.71. The topological polar surface area (TPSA) is 105 Å². The van der Waals surface area contributed by atoms with Crippen molar-refractivity contribution in [3.63, 3.8) is 0 Å². The minimum Gasteiger partial charge on any atom is -0.469 e. The van der Waals surface area contributed by atoms with Crippen molar-refractivity contribution in [1.82, 2.24) is 5.32 Å². The third-order valence-corrected chi connectivity index (χ3v) is 6.26. The zero-order chi connectivity index (χ0) is 26.2. The van der Waals surface area contributed by atoms with Gasteiger partial charge < -0.3 is 15.8 Å². The highest BCUT2D eigenvalue weighted by atomic mass is 16.5. The fourth-order valence-corrected chi connectivity index (χ4v) is 4.34. The van der Waals surface area contributed by atoms with E-state index in [2.05, 4.69) is 5.32 Å². The minimum absolute atomic E-state index is 0.0544. The molecule has 0 aliphatic heterocycles. The Morgan fingerprint density at radius 2 is 1.65 bits per heavy atom. The number of esters is 1. The van der Waals surface area contributed by atoms with Crippen molar-refractivity contribution in [2.45, 2.75) is 12.5 Å². The van der Waals surface area contributed by atoms with Gasteiger partial charge in [0.15, 0.2) is 0 Å². The maximum absolute atomic E-state index is 13.5. The average Bonchev–Trinajstić information content (AvgIpc) is 2.94. The number of rotatable bonds is 9. The highest BCUT2D eigenvalue weighted by Crippen LogP contribution is 2.22. The summed E-state index contributed by atoms with van der Waals surface area (Å²) in [7, 11) is 1.34. The number of nitrogens with two attached hydrogens (primary N) is 1. The van der Waals surface area contributed by atoms with Gasteiger partial charge in [-0.05, 0) is 40.5 Å². The largest absolute Gasteiger partial charge is 0.469 e. The summed E-state index contributed by atoms with van der Waals surface area (Å²) in [6, 6.07) is 29.5. The number of hydrogen-bond acceptors (Lipinski definition) is 4. The van der Waals surface area contributed by atoms with Crippen LogP contribution in [-0.2, 0) is 16.0 Å². The van der Waals surface area contributed by atoms with Crippen molar-refractivity contribution in [2.75, 3.05) is 7.11 Å². The van der Waals surface area contributed by atoms with Gasteiger partial charge in [-0.2, -0.15) is 0 Å². The Balaban J connectivity index is 1.71. The monoisotopic (exact) mass is 491 g/mol. The summed E-state index contributed by atoms with van der Waals surface area (Å²) in [5, 5.41) is 12.6. The van der Waals surface area contributed by atoms with Gasteiger partial charge in [0.05, 0.1) is 19.1 Å². The Labute approximate surface area is 216 Å². The number of carbonyl (C=O) groups is 2. The standard InChI is InChI=1S/C31H29N3O3/c1-37-31(36)27(20-22-11-7-14-24(19-22)29(32)33)28(18-17-21-9-3-2-4-10-21)34-30(35)26-16-8-13-23-12-5-6-15-25(23)26/h2-19,27-28H,20H2,1H3,(H3,32,33)(H,34,35)/b18-17+/t27-,28-/m0/s1. The van der Waals surface area contributed by atoms with Crippen molar-refractivity contribution in [3.8, 4) is 0 Å². The van der Waals surface area contributed by atoms with E-state index in [4.69, 9.17) is 15.9 Å². The first-order valence-electron chi connectivity index (χ1n) is 12.0. The van der Waals surface area contributed by atoms with Crippen LogP contribution in [0.15, 0.2) is 103 Å². The molecule has 4 rings (SSSR count). The summed E-state index contributed by atoms with van der Waals surface area (Å²) in [5.41, 5.74) is 8.51. The Kier molecular flexibility index (Phi) is 8.11. The van der Waals surface area contributed by atoms with Gasteiger partial charge in [-0.15, -0.1) is 0 Å². The highest BCUT2D eigenvalue weighted by molar-refractivity contribution is 6.07. The SMILES string of the molecule is COC(=O)[C@@H](Cc1cccc(C(=N)N)c1)[C@H](/C=C/c1ccccc1)NC(=O)c1cccc2ccccc12. The minimum atomic E-state index is -0.717. The summed E-state index contributed by atoms with van der Waals surface area (Å²) in [6.07, 6.45) is 4.00. The molecule has 2 atom stereocenters. The molecule has 1 amide bonds. The predicted molar refractivity (Wildman–Crippen MR) is 147 cm³/mol. The normalized spacial score (nSPS) is 12.7. The summed E-state index contributed by atoms with van der Waals surface area (Å²) in [4.78, 5) is 26.6. The Bertz CT molecular complexity index is 1440. The molecule has 0 aliphatic carbocycles. The molecule has 4 N–H and O–H groups in total. The average molecular weight is 492 g/mol. The second-order valence-electron chi connectivity index (χ2n) is 8.74. The van der Waals surface area contributed by atoms with Gasteiger partial charge in [-0.1, -0.05) is 97.1 Å². The molecule has 0 aromatic heterocycles. The molecule has 4 aromatic carbocycles. The van der Waals surface area contributed by atoms with Crippen molar-refractivity contribution in [1.29, 1.82) is 5.41 Å². The van der Waals surface area contributed by atoms with E-state index in [1.165, 1.54) is 7.11 Å². The lowest BCUT2D eigenvalue weighted by atomic mass is 9.90. The molecule has 6 heteroatoms. The van der Waals surface area contributed by atoms with Crippen LogP contribution in [0.3, 0.4) is 0 Å². The molecule has 37 heavy (non-hydrogen) atoms. The molecular formula is C31H29N3O3. The van der Waals surface area contributed by atoms with Crippen molar-refractivity contribution >= 4 is 34.6 Å². The number of amides is 1. The number of benzene rings is 4. The van der Waals surface area contributed by atoms with Crippen LogP contribution in [0.1, 0.15) is 27.0 Å². The van der Waals surface area contributed by atoms with Gasteiger partial charge in [0.1, 0.15) is 5.84 Å². The second kappa shape index (κ2) is 11.8. The number of methoxy groups -OCH3 is 1. The summed E-state index contributed by atoms with van der Waals surface area (Å²) >= 11 is 0. The molecule has 4 aromatic rings. The molecule has 0 spiro atoms. The fourth-order valence-electron chi connectivity index (χ4n) is 4.34. The first kappa shape index (κ1) is 25.4. The van der Waals surface area contributed by atoms with E-state index in [9.17, 15) is 9.59 Å². The number of ether oxygens (including phenoxy) is 1. The number of nitrogen functional groups attached to an aromatic ring is 1. The van der Waals surface area contributed by atoms with Crippen molar-refractivity contribution in [3.05, 3.63) is 125 Å². The fraction of sp³-hybridized carbons (Fsp3) is 0.129. The molecule has 0 aliphatic rings.